The average molecular weight is 356 g/mol. The van der Waals surface area contributed by atoms with Gasteiger partial charge in [0.2, 0.25) is 11.9 Å². The third-order valence-corrected chi connectivity index (χ3v) is 5.29. The molecule has 1 fully saturated rings. The zero-order valence-corrected chi connectivity index (χ0v) is 14.9. The zero-order valence-electron chi connectivity index (χ0n) is 14.1. The highest BCUT2D eigenvalue weighted by molar-refractivity contribution is 7.16. The first-order chi connectivity index (χ1) is 12.2. The van der Waals surface area contributed by atoms with Crippen LogP contribution >= 0.6 is 11.3 Å². The third-order valence-electron chi connectivity index (χ3n) is 4.47. The summed E-state index contributed by atoms with van der Waals surface area (Å²) in [6.07, 6.45) is 7.80. The number of anilines is 1. The molecular formula is C17H20N6OS. The highest BCUT2D eigenvalue weighted by Crippen LogP contribution is 2.20. The Bertz CT molecular complexity index is 888. The first-order valence-electron chi connectivity index (χ1n) is 8.39. The Morgan fingerprint density at radius 1 is 1.44 bits per heavy atom. The Balaban J connectivity index is 1.30. The lowest BCUT2D eigenvalue weighted by molar-refractivity contribution is -0.130. The summed E-state index contributed by atoms with van der Waals surface area (Å²) in [6.45, 7) is 1.49. The molecule has 7 nitrogen and oxygen atoms in total. The summed E-state index contributed by atoms with van der Waals surface area (Å²) in [7, 11) is 1.89. The molecule has 130 valence electrons. The summed E-state index contributed by atoms with van der Waals surface area (Å²) in [6, 6.07) is 2.22. The van der Waals surface area contributed by atoms with Crippen LogP contribution < -0.4 is 5.32 Å². The number of rotatable bonds is 5. The van der Waals surface area contributed by atoms with Crippen LogP contribution in [0.15, 0.2) is 30.0 Å². The number of carbonyl (C=O) groups is 1. The standard InChI is InChI=1S/C17H20N6OS/c1-22-10-12(8-19-22)2-3-15(24)23-6-4-14(11-23)20-17-18-9-13-5-7-25-16(13)21-17/h5,7-10,14H,2-4,6,11H2,1H3,(H,18,20,21). The van der Waals surface area contributed by atoms with Crippen LogP contribution in [0.1, 0.15) is 18.4 Å². The summed E-state index contributed by atoms with van der Waals surface area (Å²) in [5.41, 5.74) is 1.10. The van der Waals surface area contributed by atoms with E-state index in [0.717, 1.165) is 35.2 Å². The molecule has 1 aliphatic heterocycles. The number of hydrogen-bond donors (Lipinski definition) is 1. The number of aromatic nitrogens is 4. The minimum absolute atomic E-state index is 0.197. The molecule has 1 aliphatic rings. The predicted octanol–water partition coefficient (Wildman–Crippen LogP) is 2.07. The maximum Gasteiger partial charge on any atom is 0.224 e. The van der Waals surface area contributed by atoms with Gasteiger partial charge in [0, 0.05) is 50.4 Å². The second-order valence-electron chi connectivity index (χ2n) is 6.37. The van der Waals surface area contributed by atoms with Gasteiger partial charge in [0.1, 0.15) is 4.83 Å². The maximum absolute atomic E-state index is 12.4. The lowest BCUT2D eigenvalue weighted by atomic mass is 10.2. The number of fused-ring (bicyclic) bond motifs is 1. The molecule has 8 heteroatoms. The summed E-state index contributed by atoms with van der Waals surface area (Å²) in [4.78, 5) is 24.2. The van der Waals surface area contributed by atoms with Crippen molar-refractivity contribution < 1.29 is 4.79 Å². The first-order valence-corrected chi connectivity index (χ1v) is 9.27. The van der Waals surface area contributed by atoms with Gasteiger partial charge in [0.15, 0.2) is 0 Å². The summed E-state index contributed by atoms with van der Waals surface area (Å²) in [5.74, 6) is 0.840. The highest BCUT2D eigenvalue weighted by atomic mass is 32.1. The molecule has 0 spiro atoms. The average Bonchev–Trinajstić information content (AvgIpc) is 3.33. The van der Waals surface area contributed by atoms with Crippen molar-refractivity contribution in [3.8, 4) is 0 Å². The number of likely N-dealkylation sites (tertiary alicyclic amines) is 1. The van der Waals surface area contributed by atoms with E-state index in [1.807, 2.05) is 42.0 Å². The number of thiophene rings is 1. The van der Waals surface area contributed by atoms with Crippen LogP contribution in [0.3, 0.4) is 0 Å². The molecule has 25 heavy (non-hydrogen) atoms. The fraction of sp³-hybridized carbons (Fsp3) is 0.412. The van der Waals surface area contributed by atoms with Crippen molar-refractivity contribution >= 4 is 33.4 Å². The molecule has 0 radical (unpaired) electrons. The molecule has 1 unspecified atom stereocenters. The van der Waals surface area contributed by atoms with E-state index >= 15 is 0 Å². The van der Waals surface area contributed by atoms with Crippen molar-refractivity contribution in [2.45, 2.75) is 25.3 Å². The molecule has 0 saturated carbocycles. The maximum atomic E-state index is 12.4. The van der Waals surface area contributed by atoms with Gasteiger partial charge in [-0.15, -0.1) is 11.3 Å². The van der Waals surface area contributed by atoms with Crippen molar-refractivity contribution in [1.82, 2.24) is 24.6 Å². The Labute approximate surface area is 149 Å². The van der Waals surface area contributed by atoms with E-state index in [0.29, 0.717) is 18.9 Å². The lowest BCUT2D eigenvalue weighted by Crippen LogP contribution is -2.32. The Kier molecular flexibility index (Phi) is 4.35. The largest absolute Gasteiger partial charge is 0.350 e. The van der Waals surface area contributed by atoms with Crippen LogP contribution in [0.2, 0.25) is 0 Å². The zero-order chi connectivity index (χ0) is 17.2. The van der Waals surface area contributed by atoms with Crippen LogP contribution in [0.4, 0.5) is 5.95 Å². The van der Waals surface area contributed by atoms with E-state index in [1.165, 1.54) is 0 Å². The number of amides is 1. The minimum Gasteiger partial charge on any atom is -0.350 e. The van der Waals surface area contributed by atoms with E-state index < -0.39 is 0 Å². The van der Waals surface area contributed by atoms with Crippen molar-refractivity contribution in [1.29, 1.82) is 0 Å². The third kappa shape index (κ3) is 3.63. The monoisotopic (exact) mass is 356 g/mol. The Morgan fingerprint density at radius 2 is 2.36 bits per heavy atom. The highest BCUT2D eigenvalue weighted by Gasteiger charge is 2.26. The van der Waals surface area contributed by atoms with Crippen LogP contribution in [-0.4, -0.2) is 49.7 Å². The fourth-order valence-electron chi connectivity index (χ4n) is 3.12. The van der Waals surface area contributed by atoms with E-state index in [2.05, 4.69) is 20.4 Å². The van der Waals surface area contributed by atoms with Gasteiger partial charge in [0.05, 0.1) is 6.20 Å². The fourth-order valence-corrected chi connectivity index (χ4v) is 3.86. The summed E-state index contributed by atoms with van der Waals surface area (Å²) in [5, 5.41) is 10.6. The van der Waals surface area contributed by atoms with Crippen LogP contribution in [0.5, 0.6) is 0 Å². The number of nitrogens with zero attached hydrogens (tertiary/aromatic N) is 5. The molecule has 4 rings (SSSR count). The molecule has 1 atom stereocenters. The van der Waals surface area contributed by atoms with Crippen LogP contribution in [0, 0.1) is 0 Å². The van der Waals surface area contributed by atoms with Gasteiger partial charge in [-0.2, -0.15) is 5.10 Å². The smallest absolute Gasteiger partial charge is 0.224 e. The second-order valence-corrected chi connectivity index (χ2v) is 7.26. The normalized spacial score (nSPS) is 17.3. The number of aryl methyl sites for hydroxylation is 2. The number of carbonyl (C=O) groups excluding carboxylic acids is 1. The Morgan fingerprint density at radius 3 is 3.20 bits per heavy atom. The van der Waals surface area contributed by atoms with E-state index in [1.54, 1.807) is 16.0 Å². The molecule has 0 aliphatic carbocycles. The molecule has 0 aromatic carbocycles. The van der Waals surface area contributed by atoms with Gasteiger partial charge in [-0.1, -0.05) is 0 Å². The van der Waals surface area contributed by atoms with Crippen molar-refractivity contribution in [2.24, 2.45) is 7.05 Å². The topological polar surface area (TPSA) is 75.9 Å². The summed E-state index contributed by atoms with van der Waals surface area (Å²) >= 11 is 1.61. The SMILES string of the molecule is Cn1cc(CCC(=O)N2CCC(Nc3ncc4ccsc4n3)C2)cn1. The van der Waals surface area contributed by atoms with Gasteiger partial charge in [0.25, 0.3) is 0 Å². The molecule has 1 amide bonds. The first kappa shape index (κ1) is 16.0. The van der Waals surface area contributed by atoms with E-state index in [9.17, 15) is 4.79 Å². The lowest BCUT2D eigenvalue weighted by Gasteiger charge is -2.17. The number of nitrogens with one attached hydrogen (secondary N) is 1. The summed E-state index contributed by atoms with van der Waals surface area (Å²) < 4.78 is 1.76. The number of hydrogen-bond acceptors (Lipinski definition) is 6. The second kappa shape index (κ2) is 6.79. The van der Waals surface area contributed by atoms with E-state index in [4.69, 9.17) is 0 Å². The molecule has 1 N–H and O–H groups in total. The van der Waals surface area contributed by atoms with Crippen LogP contribution in [0.25, 0.3) is 10.2 Å². The van der Waals surface area contributed by atoms with Gasteiger partial charge in [-0.25, -0.2) is 9.97 Å². The predicted molar refractivity (Wildman–Crippen MR) is 97.6 cm³/mol. The molecule has 1 saturated heterocycles. The van der Waals surface area contributed by atoms with Gasteiger partial charge < -0.3 is 10.2 Å². The minimum atomic E-state index is 0.197. The van der Waals surface area contributed by atoms with Crippen molar-refractivity contribution in [3.05, 3.63) is 35.6 Å². The Hall–Kier alpha value is -2.48. The molecular weight excluding hydrogens is 336 g/mol. The van der Waals surface area contributed by atoms with Crippen molar-refractivity contribution in [3.63, 3.8) is 0 Å². The van der Waals surface area contributed by atoms with Gasteiger partial charge in [-0.3, -0.25) is 9.48 Å². The molecule has 0 bridgehead atoms. The van der Waals surface area contributed by atoms with Crippen molar-refractivity contribution in [2.75, 3.05) is 18.4 Å². The quantitative estimate of drug-likeness (QED) is 0.757. The van der Waals surface area contributed by atoms with Gasteiger partial charge >= 0.3 is 0 Å². The van der Waals surface area contributed by atoms with Crippen LogP contribution in [-0.2, 0) is 18.3 Å². The molecule has 3 aromatic heterocycles. The molecule has 3 aromatic rings. The molecule has 4 heterocycles. The van der Waals surface area contributed by atoms with Gasteiger partial charge in [-0.05, 0) is 29.9 Å². The van der Waals surface area contributed by atoms with E-state index in [-0.39, 0.29) is 11.9 Å².